The van der Waals surface area contributed by atoms with E-state index >= 15 is 0 Å². The first-order valence-electron chi connectivity index (χ1n) is 5.09. The van der Waals surface area contributed by atoms with E-state index in [1.165, 1.54) is 0 Å². The van der Waals surface area contributed by atoms with Gasteiger partial charge < -0.3 is 9.26 Å². The fourth-order valence-electron chi connectivity index (χ4n) is 1.89. The van der Waals surface area contributed by atoms with Crippen LogP contribution in [-0.2, 0) is 6.61 Å². The molecule has 0 saturated carbocycles. The van der Waals surface area contributed by atoms with Gasteiger partial charge in [-0.05, 0) is 25.1 Å². The maximum absolute atomic E-state index is 12.3. The van der Waals surface area contributed by atoms with Crippen molar-refractivity contribution < 1.29 is 14.1 Å². The van der Waals surface area contributed by atoms with Crippen LogP contribution in [0, 0.1) is 6.92 Å². The summed E-state index contributed by atoms with van der Waals surface area (Å²) in [6, 6.07) is 4.98. The van der Waals surface area contributed by atoms with Crippen molar-refractivity contribution in [3.8, 4) is 5.75 Å². The van der Waals surface area contributed by atoms with Crippen molar-refractivity contribution >= 4 is 17.4 Å². The molecule has 1 aliphatic rings. The number of halogens is 1. The maximum atomic E-state index is 12.3. The highest BCUT2D eigenvalue weighted by Gasteiger charge is 2.27. The minimum atomic E-state index is -0.159. The number of rotatable bonds is 0. The van der Waals surface area contributed by atoms with E-state index in [-0.39, 0.29) is 12.4 Å². The third-order valence-electron chi connectivity index (χ3n) is 2.71. The molecule has 86 valence electrons. The number of ether oxygens (including phenoxy) is 1. The Labute approximate surface area is 102 Å². The molecule has 0 atom stereocenters. The molecule has 0 bridgehead atoms. The fraction of sp³-hybridized carbons (Fsp3) is 0.167. The lowest BCUT2D eigenvalue weighted by atomic mass is 10.0. The average Bonchev–Trinajstić information content (AvgIpc) is 2.61. The summed E-state index contributed by atoms with van der Waals surface area (Å²) in [6.07, 6.45) is 0. The van der Waals surface area contributed by atoms with Crippen molar-refractivity contribution in [2.24, 2.45) is 0 Å². The second kappa shape index (κ2) is 3.60. The third kappa shape index (κ3) is 1.52. The number of ketones is 1. The lowest BCUT2D eigenvalue weighted by molar-refractivity contribution is 0.103. The van der Waals surface area contributed by atoms with Crippen LogP contribution < -0.4 is 4.74 Å². The van der Waals surface area contributed by atoms with Crippen LogP contribution in [-0.4, -0.2) is 10.9 Å². The Kier molecular flexibility index (Phi) is 2.19. The van der Waals surface area contributed by atoms with Crippen molar-refractivity contribution in [3.63, 3.8) is 0 Å². The maximum Gasteiger partial charge on any atom is 0.202 e. The molecule has 0 fully saturated rings. The summed E-state index contributed by atoms with van der Waals surface area (Å²) >= 11 is 5.89. The van der Waals surface area contributed by atoms with Gasteiger partial charge in [0, 0.05) is 5.02 Å². The molecule has 2 aromatic rings. The van der Waals surface area contributed by atoms with Crippen molar-refractivity contribution in [1.29, 1.82) is 0 Å². The fourth-order valence-corrected chi connectivity index (χ4v) is 2.07. The zero-order chi connectivity index (χ0) is 12.0. The van der Waals surface area contributed by atoms with E-state index in [1.54, 1.807) is 25.1 Å². The summed E-state index contributed by atoms with van der Waals surface area (Å²) in [6.45, 7) is 1.94. The van der Waals surface area contributed by atoms with Crippen LogP contribution >= 0.6 is 11.6 Å². The number of fused-ring (bicyclic) bond motifs is 2. The Morgan fingerprint density at radius 3 is 3.06 bits per heavy atom. The predicted molar refractivity (Wildman–Crippen MR) is 60.5 cm³/mol. The molecule has 2 heterocycles. The number of carbonyl (C=O) groups excluding carboxylic acids is 1. The topological polar surface area (TPSA) is 52.3 Å². The number of aryl methyl sites for hydroxylation is 1. The molecular weight excluding hydrogens is 242 g/mol. The Morgan fingerprint density at radius 1 is 1.41 bits per heavy atom. The van der Waals surface area contributed by atoms with E-state index in [0.717, 1.165) is 0 Å². The highest BCUT2D eigenvalue weighted by molar-refractivity contribution is 6.31. The van der Waals surface area contributed by atoms with Gasteiger partial charge >= 0.3 is 0 Å². The smallest absolute Gasteiger partial charge is 0.202 e. The lowest BCUT2D eigenvalue weighted by Gasteiger charge is -2.05. The number of hydrogen-bond donors (Lipinski definition) is 0. The Hall–Kier alpha value is -1.81. The van der Waals surface area contributed by atoms with Crippen LogP contribution in [0.2, 0.25) is 5.02 Å². The van der Waals surface area contributed by atoms with Crippen LogP contribution in [0.3, 0.4) is 0 Å². The third-order valence-corrected chi connectivity index (χ3v) is 2.95. The molecule has 0 N–H and O–H groups in total. The first kappa shape index (κ1) is 10.4. The van der Waals surface area contributed by atoms with Crippen molar-refractivity contribution in [2.75, 3.05) is 0 Å². The first-order valence-corrected chi connectivity index (χ1v) is 5.47. The van der Waals surface area contributed by atoms with E-state index in [2.05, 4.69) is 5.16 Å². The van der Waals surface area contributed by atoms with Crippen LogP contribution in [0.25, 0.3) is 0 Å². The molecule has 4 nitrogen and oxygen atoms in total. The van der Waals surface area contributed by atoms with Crippen molar-refractivity contribution in [3.05, 3.63) is 45.8 Å². The molecule has 0 amide bonds. The first-order chi connectivity index (χ1) is 8.16. The second-order valence-corrected chi connectivity index (χ2v) is 4.26. The van der Waals surface area contributed by atoms with Crippen molar-refractivity contribution in [1.82, 2.24) is 5.16 Å². The van der Waals surface area contributed by atoms with Crippen LogP contribution in [0.1, 0.15) is 27.4 Å². The molecule has 1 aromatic heterocycles. The van der Waals surface area contributed by atoms with Gasteiger partial charge in [0.25, 0.3) is 0 Å². The van der Waals surface area contributed by atoms with Gasteiger partial charge in [-0.1, -0.05) is 16.8 Å². The highest BCUT2D eigenvalue weighted by Crippen LogP contribution is 2.31. The zero-order valence-corrected chi connectivity index (χ0v) is 9.75. The predicted octanol–water partition coefficient (Wildman–Crippen LogP) is 2.76. The summed E-state index contributed by atoms with van der Waals surface area (Å²) in [4.78, 5) is 12.3. The largest absolute Gasteiger partial charge is 0.486 e. The molecule has 1 aliphatic heterocycles. The lowest BCUT2D eigenvalue weighted by Crippen LogP contribution is -2.02. The van der Waals surface area contributed by atoms with Crippen LogP contribution in [0.5, 0.6) is 5.75 Å². The molecular formula is C12H8ClNO3. The van der Waals surface area contributed by atoms with Gasteiger partial charge in [-0.2, -0.15) is 0 Å². The molecule has 17 heavy (non-hydrogen) atoms. The van der Waals surface area contributed by atoms with Crippen LogP contribution in [0.15, 0.2) is 22.7 Å². The molecule has 3 rings (SSSR count). The number of hydrogen-bond acceptors (Lipinski definition) is 4. The molecule has 0 radical (unpaired) electrons. The normalized spacial score (nSPS) is 13.6. The quantitative estimate of drug-likeness (QED) is 0.720. The van der Waals surface area contributed by atoms with Gasteiger partial charge in [-0.15, -0.1) is 0 Å². The van der Waals surface area contributed by atoms with E-state index < -0.39 is 0 Å². The Morgan fingerprint density at radius 2 is 2.24 bits per heavy atom. The minimum absolute atomic E-state index is 0.159. The molecule has 5 heteroatoms. The van der Waals surface area contributed by atoms with E-state index in [1.807, 2.05) is 0 Å². The monoisotopic (exact) mass is 249 g/mol. The average molecular weight is 250 g/mol. The SMILES string of the molecule is Cc1onc2c1C(=O)c1cc(Cl)ccc1OC2. The molecule has 0 aliphatic carbocycles. The zero-order valence-electron chi connectivity index (χ0n) is 8.99. The summed E-state index contributed by atoms with van der Waals surface area (Å²) in [5, 5.41) is 4.32. The molecule has 0 saturated heterocycles. The molecule has 0 unspecified atom stereocenters. The number of carbonyl (C=O) groups is 1. The Bertz CT molecular complexity index is 618. The van der Waals surface area contributed by atoms with Gasteiger partial charge in [0.2, 0.25) is 5.78 Å². The van der Waals surface area contributed by atoms with Gasteiger partial charge in [0.15, 0.2) is 0 Å². The van der Waals surface area contributed by atoms with Gasteiger partial charge in [0.05, 0.1) is 11.1 Å². The van der Waals surface area contributed by atoms with E-state index in [9.17, 15) is 4.79 Å². The number of aromatic nitrogens is 1. The van der Waals surface area contributed by atoms with E-state index in [4.69, 9.17) is 20.9 Å². The number of nitrogens with zero attached hydrogens (tertiary/aromatic N) is 1. The summed E-state index contributed by atoms with van der Waals surface area (Å²) < 4.78 is 10.5. The van der Waals surface area contributed by atoms with Gasteiger partial charge in [-0.25, -0.2) is 0 Å². The van der Waals surface area contributed by atoms with Gasteiger partial charge in [-0.3, -0.25) is 4.79 Å². The van der Waals surface area contributed by atoms with Gasteiger partial charge in [0.1, 0.15) is 23.8 Å². The van der Waals surface area contributed by atoms with E-state index in [0.29, 0.717) is 33.4 Å². The highest BCUT2D eigenvalue weighted by atomic mass is 35.5. The molecule has 1 aromatic carbocycles. The summed E-state index contributed by atoms with van der Waals surface area (Å²) in [5.41, 5.74) is 1.45. The standard InChI is InChI=1S/C12H8ClNO3/c1-6-11-9(14-17-6)5-16-10-3-2-7(13)4-8(10)12(11)15/h2-4H,5H2,1H3. The summed E-state index contributed by atoms with van der Waals surface area (Å²) in [7, 11) is 0. The molecule has 0 spiro atoms. The summed E-state index contributed by atoms with van der Waals surface area (Å²) in [5.74, 6) is 0.868. The number of benzene rings is 1. The van der Waals surface area contributed by atoms with Crippen LogP contribution in [0.4, 0.5) is 0 Å². The minimum Gasteiger partial charge on any atom is -0.486 e. The van der Waals surface area contributed by atoms with Crippen molar-refractivity contribution in [2.45, 2.75) is 13.5 Å². The Balaban J connectivity index is 2.24. The second-order valence-electron chi connectivity index (χ2n) is 3.82.